The number of hydrogen-bond acceptors (Lipinski definition) is 4. The molecule has 1 aromatic rings. The molecule has 1 fully saturated rings. The van der Waals surface area contributed by atoms with Gasteiger partial charge < -0.3 is 5.32 Å². The van der Waals surface area contributed by atoms with Crippen molar-refractivity contribution in [3.63, 3.8) is 0 Å². The number of pyridine rings is 1. The number of rotatable bonds is 6. The summed E-state index contributed by atoms with van der Waals surface area (Å²) in [5, 5.41) is 4.09. The maximum Gasteiger partial charge on any atom is 0.126 e. The van der Waals surface area contributed by atoms with Crippen molar-refractivity contribution in [1.82, 2.24) is 14.8 Å². The Bertz CT molecular complexity index is 442. The smallest absolute Gasteiger partial charge is 0.126 e. The lowest BCUT2D eigenvalue weighted by Crippen LogP contribution is -2.48. The molecule has 1 aliphatic rings. The molecular formula is C16H27ClN4. The zero-order chi connectivity index (χ0) is 15.2. The molecule has 2 rings (SSSR count). The van der Waals surface area contributed by atoms with E-state index in [1.807, 2.05) is 12.1 Å². The summed E-state index contributed by atoms with van der Waals surface area (Å²) in [5.74, 6) is 0.928. The van der Waals surface area contributed by atoms with Crippen molar-refractivity contribution in [1.29, 1.82) is 0 Å². The van der Waals surface area contributed by atoms with Gasteiger partial charge in [0.05, 0.1) is 10.7 Å². The van der Waals surface area contributed by atoms with E-state index in [0.29, 0.717) is 6.04 Å². The summed E-state index contributed by atoms with van der Waals surface area (Å²) in [4.78, 5) is 9.62. The molecule has 2 heterocycles. The summed E-state index contributed by atoms with van der Waals surface area (Å²) in [6, 6.07) is 4.54. The van der Waals surface area contributed by atoms with E-state index in [0.717, 1.165) is 62.2 Å². The van der Waals surface area contributed by atoms with Gasteiger partial charge >= 0.3 is 0 Å². The van der Waals surface area contributed by atoms with Crippen molar-refractivity contribution < 1.29 is 0 Å². The topological polar surface area (TPSA) is 31.4 Å². The summed E-state index contributed by atoms with van der Waals surface area (Å²) in [5.41, 5.74) is 0.982. The zero-order valence-corrected chi connectivity index (χ0v) is 14.2. The average Bonchev–Trinajstić information content (AvgIpc) is 2.48. The SMILES string of the molecule is CCCNc1ccc(Cl)c(CN2CCN(C(C)C)CC2)n1. The van der Waals surface area contributed by atoms with Gasteiger partial charge in [-0.2, -0.15) is 0 Å². The van der Waals surface area contributed by atoms with E-state index in [9.17, 15) is 0 Å². The van der Waals surface area contributed by atoms with Gasteiger partial charge in [0.25, 0.3) is 0 Å². The highest BCUT2D eigenvalue weighted by atomic mass is 35.5. The van der Waals surface area contributed by atoms with Crippen LogP contribution in [0.1, 0.15) is 32.9 Å². The first-order chi connectivity index (χ1) is 10.1. The van der Waals surface area contributed by atoms with Crippen LogP contribution in [0.15, 0.2) is 12.1 Å². The van der Waals surface area contributed by atoms with E-state index < -0.39 is 0 Å². The highest BCUT2D eigenvalue weighted by Gasteiger charge is 2.19. The standard InChI is InChI=1S/C16H27ClN4/c1-4-7-18-16-6-5-14(17)15(19-16)12-20-8-10-21(11-9-20)13(2)3/h5-6,13H,4,7-12H2,1-3H3,(H,18,19). The monoisotopic (exact) mass is 310 g/mol. The van der Waals surface area contributed by atoms with Gasteiger partial charge in [-0.3, -0.25) is 9.80 Å². The highest BCUT2D eigenvalue weighted by molar-refractivity contribution is 6.31. The minimum atomic E-state index is 0.635. The number of nitrogens with zero attached hydrogens (tertiary/aromatic N) is 3. The molecule has 0 saturated carbocycles. The van der Waals surface area contributed by atoms with Crippen molar-refractivity contribution in [2.75, 3.05) is 38.0 Å². The summed E-state index contributed by atoms with van der Waals surface area (Å²) in [6.45, 7) is 12.9. The zero-order valence-electron chi connectivity index (χ0n) is 13.4. The van der Waals surface area contributed by atoms with Crippen LogP contribution in [-0.2, 0) is 6.54 Å². The van der Waals surface area contributed by atoms with Crippen LogP contribution >= 0.6 is 11.6 Å². The largest absolute Gasteiger partial charge is 0.370 e. The minimum Gasteiger partial charge on any atom is -0.370 e. The van der Waals surface area contributed by atoms with E-state index in [4.69, 9.17) is 11.6 Å². The molecule has 0 aromatic carbocycles. The van der Waals surface area contributed by atoms with Crippen LogP contribution in [0.5, 0.6) is 0 Å². The third-order valence-corrected chi connectivity index (χ3v) is 4.33. The van der Waals surface area contributed by atoms with Gasteiger partial charge in [0.1, 0.15) is 5.82 Å². The Morgan fingerprint density at radius 1 is 1.24 bits per heavy atom. The molecule has 5 heteroatoms. The van der Waals surface area contributed by atoms with Gasteiger partial charge in [-0.05, 0) is 32.4 Å². The molecule has 21 heavy (non-hydrogen) atoms. The van der Waals surface area contributed by atoms with Gasteiger partial charge in [-0.25, -0.2) is 4.98 Å². The van der Waals surface area contributed by atoms with Gasteiger partial charge in [0.2, 0.25) is 0 Å². The van der Waals surface area contributed by atoms with Gasteiger partial charge in [-0.1, -0.05) is 18.5 Å². The van der Waals surface area contributed by atoms with E-state index in [1.165, 1.54) is 0 Å². The molecule has 0 unspecified atom stereocenters. The number of nitrogens with one attached hydrogen (secondary N) is 1. The maximum atomic E-state index is 6.30. The van der Waals surface area contributed by atoms with E-state index >= 15 is 0 Å². The first kappa shape index (κ1) is 16.5. The van der Waals surface area contributed by atoms with E-state index in [1.54, 1.807) is 0 Å². The van der Waals surface area contributed by atoms with Crippen LogP contribution in [0.25, 0.3) is 0 Å². The van der Waals surface area contributed by atoms with Crippen LogP contribution in [0, 0.1) is 0 Å². The molecule has 118 valence electrons. The number of aromatic nitrogens is 1. The normalized spacial score (nSPS) is 17.4. The summed E-state index contributed by atoms with van der Waals surface area (Å²) < 4.78 is 0. The molecule has 1 saturated heterocycles. The molecule has 0 bridgehead atoms. The first-order valence-corrected chi connectivity index (χ1v) is 8.33. The Labute approximate surface area is 133 Å². The van der Waals surface area contributed by atoms with Gasteiger partial charge in [0, 0.05) is 45.3 Å². The molecule has 0 radical (unpaired) electrons. The highest BCUT2D eigenvalue weighted by Crippen LogP contribution is 2.19. The van der Waals surface area contributed by atoms with Crippen LogP contribution in [0.2, 0.25) is 5.02 Å². The Kier molecular flexibility index (Phi) is 6.27. The summed E-state index contributed by atoms with van der Waals surface area (Å²) in [7, 11) is 0. The Hall–Kier alpha value is -0.840. The van der Waals surface area contributed by atoms with E-state index in [2.05, 4.69) is 40.9 Å². The Morgan fingerprint density at radius 2 is 1.95 bits per heavy atom. The van der Waals surface area contributed by atoms with Crippen molar-refractivity contribution in [2.24, 2.45) is 0 Å². The lowest BCUT2D eigenvalue weighted by atomic mass is 10.2. The second-order valence-electron chi connectivity index (χ2n) is 5.96. The molecule has 4 nitrogen and oxygen atoms in total. The summed E-state index contributed by atoms with van der Waals surface area (Å²) in [6.07, 6.45) is 1.09. The fourth-order valence-corrected chi connectivity index (χ4v) is 2.76. The summed E-state index contributed by atoms with van der Waals surface area (Å²) >= 11 is 6.30. The van der Waals surface area contributed by atoms with Crippen LogP contribution in [0.4, 0.5) is 5.82 Å². The van der Waals surface area contributed by atoms with Crippen LogP contribution < -0.4 is 5.32 Å². The number of hydrogen-bond donors (Lipinski definition) is 1. The molecule has 1 N–H and O–H groups in total. The fraction of sp³-hybridized carbons (Fsp3) is 0.688. The Morgan fingerprint density at radius 3 is 2.57 bits per heavy atom. The molecular weight excluding hydrogens is 284 g/mol. The van der Waals surface area contributed by atoms with Crippen LogP contribution in [-0.4, -0.2) is 53.5 Å². The molecule has 0 amide bonds. The Balaban J connectivity index is 1.93. The second kappa shape index (κ2) is 7.97. The second-order valence-corrected chi connectivity index (χ2v) is 6.36. The number of piperazine rings is 1. The van der Waals surface area contributed by atoms with Crippen molar-refractivity contribution in [3.8, 4) is 0 Å². The van der Waals surface area contributed by atoms with Crippen molar-refractivity contribution >= 4 is 17.4 Å². The third kappa shape index (κ3) is 4.83. The average molecular weight is 311 g/mol. The van der Waals surface area contributed by atoms with Crippen molar-refractivity contribution in [3.05, 3.63) is 22.8 Å². The maximum absolute atomic E-state index is 6.30. The van der Waals surface area contributed by atoms with Gasteiger partial charge in [0.15, 0.2) is 0 Å². The van der Waals surface area contributed by atoms with Crippen LogP contribution in [0.3, 0.4) is 0 Å². The lowest BCUT2D eigenvalue weighted by molar-refractivity contribution is 0.103. The predicted octanol–water partition coefficient (Wildman–Crippen LogP) is 3.08. The molecule has 1 aliphatic heterocycles. The molecule has 0 aliphatic carbocycles. The fourth-order valence-electron chi connectivity index (χ4n) is 2.60. The lowest BCUT2D eigenvalue weighted by Gasteiger charge is -2.36. The van der Waals surface area contributed by atoms with Gasteiger partial charge in [-0.15, -0.1) is 0 Å². The molecule has 0 spiro atoms. The number of halogens is 1. The quantitative estimate of drug-likeness (QED) is 0.875. The van der Waals surface area contributed by atoms with E-state index in [-0.39, 0.29) is 0 Å². The van der Waals surface area contributed by atoms with Crippen molar-refractivity contribution in [2.45, 2.75) is 39.8 Å². The molecule has 1 aromatic heterocycles. The number of anilines is 1. The first-order valence-electron chi connectivity index (χ1n) is 7.96. The third-order valence-electron chi connectivity index (χ3n) is 3.99. The minimum absolute atomic E-state index is 0.635. The molecule has 0 atom stereocenters. The predicted molar refractivity (Wildman–Crippen MR) is 90.0 cm³/mol.